The van der Waals surface area contributed by atoms with Crippen LogP contribution in [0.2, 0.25) is 0 Å². The van der Waals surface area contributed by atoms with E-state index >= 15 is 0 Å². The molecule has 3 rings (SSSR count). The predicted octanol–water partition coefficient (Wildman–Crippen LogP) is 1.92. The Hall–Kier alpha value is -1.84. The summed E-state index contributed by atoms with van der Waals surface area (Å²) in [5.74, 6) is 1.46. The number of guanidine groups is 1. The SMILES string of the molecule is CCNC(=NCC(=O)N1CCC(Cc2ccccc2)CC1)NC1CCC(=O)NC1.I. The lowest BCUT2D eigenvalue weighted by molar-refractivity contribution is -0.131. The quantitative estimate of drug-likeness (QED) is 0.300. The van der Waals surface area contributed by atoms with Crippen molar-refractivity contribution in [3.63, 3.8) is 0 Å². The third-order valence-corrected chi connectivity index (χ3v) is 5.66. The monoisotopic (exact) mass is 527 g/mol. The van der Waals surface area contributed by atoms with Gasteiger partial charge in [-0.15, -0.1) is 24.0 Å². The van der Waals surface area contributed by atoms with Crippen LogP contribution in [0, 0.1) is 5.92 Å². The van der Waals surface area contributed by atoms with Gasteiger partial charge in [0.2, 0.25) is 11.8 Å². The van der Waals surface area contributed by atoms with E-state index in [-0.39, 0.29) is 48.4 Å². The maximum atomic E-state index is 12.6. The topological polar surface area (TPSA) is 85.8 Å². The Bertz CT molecular complexity index is 695. The molecule has 0 saturated carbocycles. The lowest BCUT2D eigenvalue weighted by Crippen LogP contribution is -2.51. The summed E-state index contributed by atoms with van der Waals surface area (Å²) in [4.78, 5) is 30.3. The zero-order valence-corrected chi connectivity index (χ0v) is 20.1. The lowest BCUT2D eigenvalue weighted by Gasteiger charge is -2.32. The third-order valence-electron chi connectivity index (χ3n) is 5.66. The molecule has 166 valence electrons. The van der Waals surface area contributed by atoms with E-state index in [1.54, 1.807) is 0 Å². The van der Waals surface area contributed by atoms with E-state index in [9.17, 15) is 9.59 Å². The minimum Gasteiger partial charge on any atom is -0.357 e. The van der Waals surface area contributed by atoms with Gasteiger partial charge in [-0.3, -0.25) is 9.59 Å². The lowest BCUT2D eigenvalue weighted by atomic mass is 9.90. The Morgan fingerprint density at radius 1 is 1.20 bits per heavy atom. The predicted molar refractivity (Wildman–Crippen MR) is 130 cm³/mol. The van der Waals surface area contributed by atoms with Crippen molar-refractivity contribution in [2.75, 3.05) is 32.7 Å². The molecule has 0 aliphatic carbocycles. The van der Waals surface area contributed by atoms with Gasteiger partial charge in [0.15, 0.2) is 5.96 Å². The number of hydrogen-bond acceptors (Lipinski definition) is 3. The highest BCUT2D eigenvalue weighted by atomic mass is 127. The molecule has 7 nitrogen and oxygen atoms in total. The van der Waals surface area contributed by atoms with Crippen LogP contribution in [0.15, 0.2) is 35.3 Å². The van der Waals surface area contributed by atoms with Gasteiger partial charge in [0.05, 0.1) is 0 Å². The molecule has 1 atom stereocenters. The Morgan fingerprint density at radius 3 is 2.57 bits per heavy atom. The van der Waals surface area contributed by atoms with E-state index in [0.29, 0.717) is 24.8 Å². The Morgan fingerprint density at radius 2 is 1.93 bits per heavy atom. The molecule has 2 aliphatic rings. The number of carbonyl (C=O) groups is 2. The van der Waals surface area contributed by atoms with E-state index in [2.05, 4.69) is 45.2 Å². The van der Waals surface area contributed by atoms with Crippen LogP contribution in [0.1, 0.15) is 38.2 Å². The summed E-state index contributed by atoms with van der Waals surface area (Å²) in [6, 6.07) is 10.7. The molecule has 2 heterocycles. The van der Waals surface area contributed by atoms with Gasteiger partial charge in [0.25, 0.3) is 0 Å². The molecule has 1 unspecified atom stereocenters. The number of benzene rings is 1. The minimum absolute atomic E-state index is 0. The Kier molecular flexibility index (Phi) is 10.4. The Balaban J connectivity index is 0.00000320. The number of piperidine rings is 2. The molecule has 1 aromatic carbocycles. The van der Waals surface area contributed by atoms with Gasteiger partial charge >= 0.3 is 0 Å². The molecule has 0 radical (unpaired) electrons. The van der Waals surface area contributed by atoms with Gasteiger partial charge in [-0.25, -0.2) is 4.99 Å². The van der Waals surface area contributed by atoms with Crippen molar-refractivity contribution in [1.29, 1.82) is 0 Å². The number of hydrogen-bond donors (Lipinski definition) is 3. The standard InChI is InChI=1S/C22H33N5O2.HI/c1-2-23-22(26-19-8-9-20(28)24-15-19)25-16-21(29)27-12-10-18(11-13-27)14-17-6-4-3-5-7-17;/h3-7,18-19H,2,8-16H2,1H3,(H,24,28)(H2,23,25,26);1H. The molecule has 0 bridgehead atoms. The summed E-state index contributed by atoms with van der Waals surface area (Å²) < 4.78 is 0. The maximum absolute atomic E-state index is 12.6. The van der Waals surface area contributed by atoms with Crippen molar-refractivity contribution in [2.45, 2.75) is 45.1 Å². The summed E-state index contributed by atoms with van der Waals surface area (Å²) in [7, 11) is 0. The van der Waals surface area contributed by atoms with Gasteiger partial charge in [-0.1, -0.05) is 30.3 Å². The highest BCUT2D eigenvalue weighted by Crippen LogP contribution is 2.21. The van der Waals surface area contributed by atoms with Crippen molar-refractivity contribution < 1.29 is 9.59 Å². The van der Waals surface area contributed by atoms with Crippen LogP contribution in [0.25, 0.3) is 0 Å². The first-order valence-corrected chi connectivity index (χ1v) is 10.8. The maximum Gasteiger partial charge on any atom is 0.244 e. The number of aliphatic imine (C=N–C) groups is 1. The van der Waals surface area contributed by atoms with E-state index < -0.39 is 0 Å². The molecule has 1 aromatic rings. The number of nitrogens with one attached hydrogen (secondary N) is 3. The zero-order chi connectivity index (χ0) is 20.5. The first-order valence-electron chi connectivity index (χ1n) is 10.8. The van der Waals surface area contributed by atoms with Crippen LogP contribution >= 0.6 is 24.0 Å². The van der Waals surface area contributed by atoms with Crippen LogP contribution in [0.4, 0.5) is 0 Å². The van der Waals surface area contributed by atoms with Gasteiger partial charge in [0, 0.05) is 38.6 Å². The summed E-state index contributed by atoms with van der Waals surface area (Å²) in [6.45, 7) is 5.09. The first kappa shape index (κ1) is 24.4. The van der Waals surface area contributed by atoms with E-state index in [0.717, 1.165) is 45.3 Å². The highest BCUT2D eigenvalue weighted by molar-refractivity contribution is 14.0. The number of amides is 2. The summed E-state index contributed by atoms with van der Waals surface area (Å²) >= 11 is 0. The fourth-order valence-electron chi connectivity index (χ4n) is 3.95. The van der Waals surface area contributed by atoms with Crippen LogP contribution in [0.3, 0.4) is 0 Å². The minimum atomic E-state index is 0. The van der Waals surface area contributed by atoms with Crippen molar-refractivity contribution in [3.8, 4) is 0 Å². The molecule has 3 N–H and O–H groups in total. The van der Waals surface area contributed by atoms with E-state index in [4.69, 9.17) is 0 Å². The van der Waals surface area contributed by atoms with Gasteiger partial charge in [-0.05, 0) is 44.1 Å². The summed E-state index contributed by atoms with van der Waals surface area (Å²) in [5.41, 5.74) is 1.38. The first-order chi connectivity index (χ1) is 14.1. The van der Waals surface area contributed by atoms with Gasteiger partial charge in [-0.2, -0.15) is 0 Å². The number of likely N-dealkylation sites (tertiary alicyclic amines) is 1. The van der Waals surface area contributed by atoms with Crippen molar-refractivity contribution in [3.05, 3.63) is 35.9 Å². The van der Waals surface area contributed by atoms with Gasteiger partial charge in [0.1, 0.15) is 6.54 Å². The van der Waals surface area contributed by atoms with E-state index in [1.807, 2.05) is 17.9 Å². The fourth-order valence-corrected chi connectivity index (χ4v) is 3.95. The molecule has 8 heteroatoms. The van der Waals surface area contributed by atoms with Crippen molar-refractivity contribution in [2.24, 2.45) is 10.9 Å². The molecule has 2 aliphatic heterocycles. The second kappa shape index (κ2) is 12.8. The van der Waals surface area contributed by atoms with Crippen LogP contribution < -0.4 is 16.0 Å². The average molecular weight is 527 g/mol. The molecular weight excluding hydrogens is 493 g/mol. The number of rotatable bonds is 6. The van der Waals surface area contributed by atoms with Crippen LogP contribution in [-0.4, -0.2) is 61.4 Å². The highest BCUT2D eigenvalue weighted by Gasteiger charge is 2.23. The molecule has 2 fully saturated rings. The second-order valence-electron chi connectivity index (χ2n) is 7.89. The molecule has 2 amide bonds. The average Bonchev–Trinajstić information content (AvgIpc) is 2.75. The number of nitrogens with zero attached hydrogens (tertiary/aromatic N) is 2. The summed E-state index contributed by atoms with van der Waals surface area (Å²) in [6.07, 6.45) is 4.48. The smallest absolute Gasteiger partial charge is 0.244 e. The number of carbonyl (C=O) groups excluding carboxylic acids is 2. The van der Waals surface area contributed by atoms with E-state index in [1.165, 1.54) is 5.56 Å². The van der Waals surface area contributed by atoms with Crippen molar-refractivity contribution in [1.82, 2.24) is 20.9 Å². The third kappa shape index (κ3) is 7.77. The zero-order valence-electron chi connectivity index (χ0n) is 17.7. The van der Waals surface area contributed by atoms with Crippen LogP contribution in [-0.2, 0) is 16.0 Å². The summed E-state index contributed by atoms with van der Waals surface area (Å²) in [5, 5.41) is 9.37. The molecule has 2 saturated heterocycles. The number of halogens is 1. The molecular formula is C22H34IN5O2. The molecule has 30 heavy (non-hydrogen) atoms. The normalized spacial score (nSPS) is 20.2. The van der Waals surface area contributed by atoms with Crippen molar-refractivity contribution >= 4 is 41.8 Å². The molecule has 0 aromatic heterocycles. The van der Waals surface area contributed by atoms with Gasteiger partial charge < -0.3 is 20.9 Å². The largest absolute Gasteiger partial charge is 0.357 e. The fraction of sp³-hybridized carbons (Fsp3) is 0.591. The van der Waals surface area contributed by atoms with Crippen LogP contribution in [0.5, 0.6) is 0 Å². The Labute approximate surface area is 196 Å². The molecule has 0 spiro atoms. The second-order valence-corrected chi connectivity index (χ2v) is 7.89.